The van der Waals surface area contributed by atoms with Crippen molar-refractivity contribution in [3.8, 4) is 0 Å². The van der Waals surface area contributed by atoms with Gasteiger partial charge >= 0.3 is 17.9 Å². The minimum absolute atomic E-state index is 0.0645. The van der Waals surface area contributed by atoms with Crippen molar-refractivity contribution in [2.24, 2.45) is 5.92 Å². The monoisotopic (exact) mass is 709 g/mol. The highest BCUT2D eigenvalue weighted by Crippen LogP contribution is 2.16. The van der Waals surface area contributed by atoms with Crippen LogP contribution < -0.4 is 0 Å². The van der Waals surface area contributed by atoms with Gasteiger partial charge in [0, 0.05) is 19.3 Å². The predicted octanol–water partition coefficient (Wildman–Crippen LogP) is 13.6. The van der Waals surface area contributed by atoms with Gasteiger partial charge in [0.05, 0.1) is 0 Å². The molecule has 0 fully saturated rings. The molecule has 0 N–H and O–H groups in total. The van der Waals surface area contributed by atoms with Crippen LogP contribution in [-0.4, -0.2) is 37.2 Å². The summed E-state index contributed by atoms with van der Waals surface area (Å²) < 4.78 is 16.7. The molecule has 0 heterocycles. The van der Waals surface area contributed by atoms with Gasteiger partial charge in [-0.2, -0.15) is 0 Å². The lowest BCUT2D eigenvalue weighted by Gasteiger charge is -2.18. The molecule has 1 unspecified atom stereocenters. The number of esters is 3. The highest BCUT2D eigenvalue weighted by molar-refractivity contribution is 5.71. The Bertz CT molecular complexity index is 753. The van der Waals surface area contributed by atoms with E-state index in [0.29, 0.717) is 19.3 Å². The van der Waals surface area contributed by atoms with Gasteiger partial charge in [-0.15, -0.1) is 0 Å². The Morgan fingerprint density at radius 1 is 0.400 bits per heavy atom. The summed E-state index contributed by atoms with van der Waals surface area (Å²) in [5, 5.41) is 0. The molecule has 0 aromatic heterocycles. The summed E-state index contributed by atoms with van der Waals surface area (Å²) in [4.78, 5) is 37.6. The molecule has 0 amide bonds. The highest BCUT2D eigenvalue weighted by Gasteiger charge is 2.19. The summed E-state index contributed by atoms with van der Waals surface area (Å²) in [7, 11) is 0. The van der Waals surface area contributed by atoms with Crippen molar-refractivity contribution < 1.29 is 28.6 Å². The van der Waals surface area contributed by atoms with Gasteiger partial charge in [-0.05, 0) is 25.2 Å². The molecule has 6 nitrogen and oxygen atoms in total. The summed E-state index contributed by atoms with van der Waals surface area (Å²) in [5.41, 5.74) is 0. The van der Waals surface area contributed by atoms with Crippen molar-refractivity contribution in [3.63, 3.8) is 0 Å². The number of rotatable bonds is 39. The second-order valence-electron chi connectivity index (χ2n) is 15.2. The zero-order valence-electron chi connectivity index (χ0n) is 33.9. The van der Waals surface area contributed by atoms with Crippen LogP contribution in [0.5, 0.6) is 0 Å². The van der Waals surface area contributed by atoms with Crippen LogP contribution in [0.25, 0.3) is 0 Å². The van der Waals surface area contributed by atoms with E-state index < -0.39 is 6.10 Å². The molecule has 0 aromatic rings. The molecule has 0 radical (unpaired) electrons. The topological polar surface area (TPSA) is 78.9 Å². The fraction of sp³-hybridized carbons (Fsp3) is 0.932. The van der Waals surface area contributed by atoms with Crippen molar-refractivity contribution >= 4 is 17.9 Å². The van der Waals surface area contributed by atoms with E-state index in [1.54, 1.807) is 0 Å². The third-order valence-electron chi connectivity index (χ3n) is 10.2. The van der Waals surface area contributed by atoms with Crippen LogP contribution in [-0.2, 0) is 28.6 Å². The Morgan fingerprint density at radius 3 is 1.04 bits per heavy atom. The van der Waals surface area contributed by atoms with Gasteiger partial charge in [0.2, 0.25) is 0 Å². The zero-order chi connectivity index (χ0) is 36.8. The third kappa shape index (κ3) is 36.2. The maximum Gasteiger partial charge on any atom is 0.306 e. The molecule has 0 bridgehead atoms. The molecule has 0 aliphatic rings. The van der Waals surface area contributed by atoms with E-state index in [4.69, 9.17) is 14.2 Å². The Morgan fingerprint density at radius 2 is 0.700 bits per heavy atom. The maximum absolute atomic E-state index is 12.6. The van der Waals surface area contributed by atoms with Crippen LogP contribution in [0.15, 0.2) is 0 Å². The molecule has 6 heteroatoms. The van der Waals surface area contributed by atoms with Crippen LogP contribution in [0.4, 0.5) is 0 Å². The summed E-state index contributed by atoms with van der Waals surface area (Å²) in [6.45, 7) is 8.97. The lowest BCUT2D eigenvalue weighted by Crippen LogP contribution is -2.30. The number of hydrogen-bond donors (Lipinski definition) is 0. The van der Waals surface area contributed by atoms with Gasteiger partial charge in [0.1, 0.15) is 13.2 Å². The van der Waals surface area contributed by atoms with Crippen molar-refractivity contribution in [1.82, 2.24) is 0 Å². The van der Waals surface area contributed by atoms with E-state index in [1.807, 2.05) is 0 Å². The van der Waals surface area contributed by atoms with E-state index >= 15 is 0 Å². The Balaban J connectivity index is 4.34. The fourth-order valence-electron chi connectivity index (χ4n) is 6.42. The number of carbonyl (C=O) groups is 3. The largest absolute Gasteiger partial charge is 0.462 e. The molecule has 0 aromatic carbocycles. The van der Waals surface area contributed by atoms with Gasteiger partial charge in [-0.1, -0.05) is 201 Å². The minimum Gasteiger partial charge on any atom is -0.462 e. The van der Waals surface area contributed by atoms with Gasteiger partial charge in [-0.3, -0.25) is 14.4 Å². The van der Waals surface area contributed by atoms with Crippen molar-refractivity contribution in [3.05, 3.63) is 0 Å². The van der Waals surface area contributed by atoms with E-state index in [0.717, 1.165) is 63.7 Å². The van der Waals surface area contributed by atoms with Crippen LogP contribution in [0.1, 0.15) is 240 Å². The van der Waals surface area contributed by atoms with Crippen LogP contribution in [0, 0.1) is 5.92 Å². The van der Waals surface area contributed by atoms with Crippen molar-refractivity contribution in [2.45, 2.75) is 246 Å². The second-order valence-corrected chi connectivity index (χ2v) is 15.2. The average Bonchev–Trinajstić information content (AvgIpc) is 3.11. The highest BCUT2D eigenvalue weighted by atomic mass is 16.6. The molecule has 0 rings (SSSR count). The Kier molecular flexibility index (Phi) is 37.4. The first-order valence-electron chi connectivity index (χ1n) is 21.9. The molecule has 0 aliphatic carbocycles. The van der Waals surface area contributed by atoms with Gasteiger partial charge in [0.25, 0.3) is 0 Å². The lowest BCUT2D eigenvalue weighted by atomic mass is 9.99. The van der Waals surface area contributed by atoms with E-state index in [1.165, 1.54) is 135 Å². The summed E-state index contributed by atoms with van der Waals surface area (Å²) >= 11 is 0. The quantitative estimate of drug-likeness (QED) is 0.0359. The normalized spacial score (nSPS) is 12.5. The molecular weight excluding hydrogens is 624 g/mol. The summed E-state index contributed by atoms with van der Waals surface area (Å²) in [6.07, 6.45) is 36.5. The lowest BCUT2D eigenvalue weighted by molar-refractivity contribution is -0.167. The molecule has 0 spiro atoms. The van der Waals surface area contributed by atoms with E-state index in [-0.39, 0.29) is 31.1 Å². The summed E-state index contributed by atoms with van der Waals surface area (Å²) in [5.74, 6) is -0.0125. The molecule has 2 atom stereocenters. The first kappa shape index (κ1) is 48.4. The maximum atomic E-state index is 12.6. The standard InChI is InChI=1S/C44H84O6/c1-5-8-10-12-14-16-18-23-27-31-35-42(45)48-38-41(50-44(47)37-33-29-25-19-17-15-13-11-9-6-2)39-49-43(46)36-32-28-24-21-20-22-26-30-34-40(4)7-3/h40-41H,5-39H2,1-4H3/t40?,41-/m1/s1. The minimum atomic E-state index is -0.758. The van der Waals surface area contributed by atoms with Crippen molar-refractivity contribution in [1.29, 1.82) is 0 Å². The van der Waals surface area contributed by atoms with Gasteiger partial charge in [-0.25, -0.2) is 0 Å². The number of unbranched alkanes of at least 4 members (excludes halogenated alkanes) is 25. The molecule has 0 saturated carbocycles. The van der Waals surface area contributed by atoms with Crippen LogP contribution >= 0.6 is 0 Å². The second kappa shape index (κ2) is 38.6. The molecule has 296 valence electrons. The van der Waals surface area contributed by atoms with Gasteiger partial charge < -0.3 is 14.2 Å². The van der Waals surface area contributed by atoms with Crippen molar-refractivity contribution in [2.75, 3.05) is 13.2 Å². The third-order valence-corrected chi connectivity index (χ3v) is 10.2. The smallest absolute Gasteiger partial charge is 0.306 e. The van der Waals surface area contributed by atoms with Gasteiger partial charge in [0.15, 0.2) is 6.10 Å². The molecule has 0 saturated heterocycles. The van der Waals surface area contributed by atoms with E-state index in [2.05, 4.69) is 27.7 Å². The molecular formula is C44H84O6. The predicted molar refractivity (Wildman–Crippen MR) is 210 cm³/mol. The number of hydrogen-bond acceptors (Lipinski definition) is 6. The SMILES string of the molecule is CCCCCCCCCCCCC(=O)OC[C@H](COC(=O)CCCCCCCCCCC(C)CC)OC(=O)CCCCCCCCCCCC. The first-order valence-corrected chi connectivity index (χ1v) is 21.9. The first-order chi connectivity index (χ1) is 24.4. The Labute approximate surface area is 310 Å². The summed E-state index contributed by atoms with van der Waals surface area (Å²) in [6, 6.07) is 0. The zero-order valence-corrected chi connectivity index (χ0v) is 33.9. The number of carbonyl (C=O) groups excluding carboxylic acids is 3. The fourth-order valence-corrected chi connectivity index (χ4v) is 6.42. The average molecular weight is 709 g/mol. The molecule has 0 aliphatic heterocycles. The van der Waals surface area contributed by atoms with E-state index in [9.17, 15) is 14.4 Å². The number of ether oxygens (including phenoxy) is 3. The van der Waals surface area contributed by atoms with Crippen LogP contribution in [0.2, 0.25) is 0 Å². The van der Waals surface area contributed by atoms with Crippen LogP contribution in [0.3, 0.4) is 0 Å². The molecule has 50 heavy (non-hydrogen) atoms. The Hall–Kier alpha value is -1.59.